The summed E-state index contributed by atoms with van der Waals surface area (Å²) in [4.78, 5) is 29.9. The summed E-state index contributed by atoms with van der Waals surface area (Å²) in [6.07, 6.45) is -4.17. The molecule has 29 heavy (non-hydrogen) atoms. The molecule has 1 aliphatic heterocycles. The minimum Gasteiger partial charge on any atom is -0.367 e. The predicted molar refractivity (Wildman–Crippen MR) is 104 cm³/mol. The Morgan fingerprint density at radius 1 is 1.17 bits per heavy atom. The number of aromatic amines is 1. The van der Waals surface area contributed by atoms with Crippen molar-refractivity contribution in [1.29, 1.82) is 0 Å². The van der Waals surface area contributed by atoms with Crippen LogP contribution in [0.2, 0.25) is 0 Å². The number of H-pyrrole nitrogens is 1. The Morgan fingerprint density at radius 3 is 2.45 bits per heavy atom. The molecule has 6 nitrogen and oxygen atoms in total. The Balaban J connectivity index is 1.97. The Morgan fingerprint density at radius 2 is 1.83 bits per heavy atom. The number of nitrogens with one attached hydrogen (secondary N) is 2. The lowest BCUT2D eigenvalue weighted by atomic mass is 10.1. The smallest absolute Gasteiger partial charge is 0.367 e. The molecule has 0 radical (unpaired) electrons. The minimum absolute atomic E-state index is 0.0585. The van der Waals surface area contributed by atoms with Gasteiger partial charge in [-0.3, -0.25) is 9.59 Å². The molecule has 0 bridgehead atoms. The van der Waals surface area contributed by atoms with E-state index in [2.05, 4.69) is 31.1 Å². The largest absolute Gasteiger partial charge is 0.417 e. The molecule has 0 spiro atoms. The fraction of sp³-hybridized carbons (Fsp3) is 0.333. The molecule has 1 aliphatic rings. The Labute approximate surface area is 171 Å². The van der Waals surface area contributed by atoms with Crippen LogP contribution in [-0.4, -0.2) is 49.0 Å². The quantitative estimate of drug-likeness (QED) is 0.667. The highest BCUT2D eigenvalue weighted by Crippen LogP contribution is 2.34. The number of amides is 1. The number of anilines is 2. The molecular formula is C18H17BrF4N4O2. The van der Waals surface area contributed by atoms with E-state index in [-0.39, 0.29) is 10.2 Å². The number of hydrogen-bond donors (Lipinski definition) is 2. The van der Waals surface area contributed by atoms with Crippen LogP contribution in [-0.2, 0) is 6.18 Å². The number of nitrogens with zero attached hydrogens (tertiary/aromatic N) is 2. The molecule has 1 aromatic carbocycles. The molecule has 1 saturated heterocycles. The second-order valence-electron chi connectivity index (χ2n) is 6.65. The van der Waals surface area contributed by atoms with Gasteiger partial charge in [-0.25, -0.2) is 4.39 Å². The molecule has 0 unspecified atom stereocenters. The van der Waals surface area contributed by atoms with Gasteiger partial charge in [0, 0.05) is 44.5 Å². The average Bonchev–Trinajstić information content (AvgIpc) is 2.64. The Kier molecular flexibility index (Phi) is 5.99. The zero-order chi connectivity index (χ0) is 21.3. The zero-order valence-electron chi connectivity index (χ0n) is 15.2. The molecule has 2 N–H and O–H groups in total. The van der Waals surface area contributed by atoms with Gasteiger partial charge in [0.25, 0.3) is 5.91 Å². The summed E-state index contributed by atoms with van der Waals surface area (Å²) < 4.78 is 53.9. The van der Waals surface area contributed by atoms with E-state index < -0.39 is 34.6 Å². The van der Waals surface area contributed by atoms with Gasteiger partial charge < -0.3 is 20.1 Å². The molecule has 0 atom stereocenters. The molecule has 2 aromatic rings. The van der Waals surface area contributed by atoms with E-state index in [4.69, 9.17) is 0 Å². The summed E-state index contributed by atoms with van der Waals surface area (Å²) in [5.41, 5.74) is -2.53. The van der Waals surface area contributed by atoms with E-state index in [0.717, 1.165) is 0 Å². The van der Waals surface area contributed by atoms with Crippen LogP contribution in [0.4, 0.5) is 28.9 Å². The van der Waals surface area contributed by atoms with Crippen LogP contribution in [0.5, 0.6) is 0 Å². The summed E-state index contributed by atoms with van der Waals surface area (Å²) in [5.74, 6) is -1.63. The highest BCUT2D eigenvalue weighted by molar-refractivity contribution is 9.10. The van der Waals surface area contributed by atoms with Crippen LogP contribution in [0.3, 0.4) is 0 Å². The number of carbonyl (C=O) groups excluding carboxylic acids is 1. The number of likely N-dealkylation sites (N-methyl/N-ethyl adjacent to an activating group) is 1. The number of piperazine rings is 1. The summed E-state index contributed by atoms with van der Waals surface area (Å²) in [6.45, 7) is 2.55. The third kappa shape index (κ3) is 4.78. The molecule has 11 heteroatoms. The van der Waals surface area contributed by atoms with Crippen molar-refractivity contribution < 1.29 is 22.4 Å². The monoisotopic (exact) mass is 476 g/mol. The number of halogens is 5. The normalized spacial score (nSPS) is 15.4. The highest BCUT2D eigenvalue weighted by Gasteiger charge is 2.36. The summed E-state index contributed by atoms with van der Waals surface area (Å²) >= 11 is 3.04. The van der Waals surface area contributed by atoms with Crippen molar-refractivity contribution in [2.45, 2.75) is 6.18 Å². The second kappa shape index (κ2) is 8.15. The van der Waals surface area contributed by atoms with Crippen LogP contribution in [0, 0.1) is 5.82 Å². The maximum atomic E-state index is 14.1. The molecule has 1 amide bonds. The number of hydrogen-bond acceptors (Lipinski definition) is 4. The van der Waals surface area contributed by atoms with Crippen LogP contribution < -0.4 is 15.8 Å². The summed E-state index contributed by atoms with van der Waals surface area (Å²) in [7, 11) is 1.94. The van der Waals surface area contributed by atoms with Gasteiger partial charge in [-0.05, 0) is 29.0 Å². The van der Waals surface area contributed by atoms with Gasteiger partial charge in [-0.15, -0.1) is 0 Å². The van der Waals surface area contributed by atoms with Gasteiger partial charge in [0.1, 0.15) is 5.82 Å². The number of pyridine rings is 1. The third-order valence-electron chi connectivity index (χ3n) is 4.61. The third-order valence-corrected chi connectivity index (χ3v) is 5.21. The lowest BCUT2D eigenvalue weighted by molar-refractivity contribution is -0.138. The van der Waals surface area contributed by atoms with E-state index in [1.165, 1.54) is 12.1 Å². The van der Waals surface area contributed by atoms with Crippen molar-refractivity contribution in [3.8, 4) is 0 Å². The first kappa shape index (κ1) is 21.3. The number of aromatic nitrogens is 1. The number of rotatable bonds is 3. The van der Waals surface area contributed by atoms with Crippen molar-refractivity contribution in [2.75, 3.05) is 43.4 Å². The lowest BCUT2D eigenvalue weighted by Crippen LogP contribution is -2.44. The molecule has 2 heterocycles. The zero-order valence-corrected chi connectivity index (χ0v) is 16.8. The second-order valence-corrected chi connectivity index (χ2v) is 7.50. The van der Waals surface area contributed by atoms with Gasteiger partial charge >= 0.3 is 6.18 Å². The van der Waals surface area contributed by atoms with E-state index in [0.29, 0.717) is 44.1 Å². The molecular weight excluding hydrogens is 460 g/mol. The van der Waals surface area contributed by atoms with Crippen molar-refractivity contribution in [3.63, 3.8) is 0 Å². The van der Waals surface area contributed by atoms with Crippen molar-refractivity contribution in [2.24, 2.45) is 0 Å². The van der Waals surface area contributed by atoms with E-state index in [1.807, 2.05) is 11.9 Å². The lowest BCUT2D eigenvalue weighted by Gasteiger charge is -2.35. The maximum Gasteiger partial charge on any atom is 0.417 e. The van der Waals surface area contributed by atoms with Crippen molar-refractivity contribution in [1.82, 2.24) is 9.88 Å². The molecule has 1 aromatic heterocycles. The van der Waals surface area contributed by atoms with Crippen LogP contribution in [0.15, 0.2) is 33.7 Å². The number of benzene rings is 1. The van der Waals surface area contributed by atoms with Gasteiger partial charge in [0.15, 0.2) is 0 Å². The Hall–Kier alpha value is -2.40. The van der Waals surface area contributed by atoms with Gasteiger partial charge in [0.05, 0.1) is 27.0 Å². The van der Waals surface area contributed by atoms with Gasteiger partial charge in [-0.2, -0.15) is 13.2 Å². The van der Waals surface area contributed by atoms with Crippen LogP contribution >= 0.6 is 15.9 Å². The van der Waals surface area contributed by atoms with Gasteiger partial charge in [0.2, 0.25) is 5.56 Å². The first-order chi connectivity index (χ1) is 13.6. The molecule has 0 saturated carbocycles. The summed E-state index contributed by atoms with van der Waals surface area (Å²) in [5, 5.41) is 2.42. The van der Waals surface area contributed by atoms with E-state index >= 15 is 0 Å². The van der Waals surface area contributed by atoms with Crippen molar-refractivity contribution >= 4 is 33.2 Å². The molecule has 0 aliphatic carbocycles. The maximum absolute atomic E-state index is 14.1. The topological polar surface area (TPSA) is 68.4 Å². The van der Waals surface area contributed by atoms with Crippen molar-refractivity contribution in [3.05, 3.63) is 56.2 Å². The fourth-order valence-corrected chi connectivity index (χ4v) is 3.37. The predicted octanol–water partition coefficient (Wildman–Crippen LogP) is 3.30. The first-order valence-electron chi connectivity index (χ1n) is 8.60. The number of alkyl halides is 3. The first-order valence-corrected chi connectivity index (χ1v) is 9.39. The molecule has 156 valence electrons. The SMILES string of the molecule is CN1CCN(c2cc(F)c(Br)cc2NC(=O)c2c[nH]c(=O)cc2C(F)(F)F)CC1. The Bertz CT molecular complexity index is 985. The average molecular weight is 477 g/mol. The standard InChI is InChI=1S/C18H17BrF4N4O2/c1-26-2-4-27(5-3-26)15-8-13(20)12(19)7-14(15)25-17(29)10-9-24-16(28)6-11(10)18(21,22)23/h6-9H,2-5H2,1H3,(H,24,28)(H,25,29). The van der Waals surface area contributed by atoms with Gasteiger partial charge in [-0.1, -0.05) is 0 Å². The minimum atomic E-state index is -4.88. The van der Waals surface area contributed by atoms with E-state index in [9.17, 15) is 27.2 Å². The van der Waals surface area contributed by atoms with Crippen LogP contribution in [0.1, 0.15) is 15.9 Å². The number of carbonyl (C=O) groups is 1. The fourth-order valence-electron chi connectivity index (χ4n) is 3.03. The van der Waals surface area contributed by atoms with Crippen LogP contribution in [0.25, 0.3) is 0 Å². The highest BCUT2D eigenvalue weighted by atomic mass is 79.9. The summed E-state index contributed by atoms with van der Waals surface area (Å²) in [6, 6.07) is 2.86. The van der Waals surface area contributed by atoms with E-state index in [1.54, 1.807) is 0 Å². The molecule has 3 rings (SSSR count). The molecule has 1 fully saturated rings.